The van der Waals surface area contributed by atoms with Crippen LogP contribution in [0.15, 0.2) is 30.6 Å². The van der Waals surface area contributed by atoms with Gasteiger partial charge in [0.1, 0.15) is 11.6 Å². The predicted octanol–water partition coefficient (Wildman–Crippen LogP) is 2.85. The van der Waals surface area contributed by atoms with E-state index < -0.39 is 0 Å². The lowest BCUT2D eigenvalue weighted by atomic mass is 10.2. The summed E-state index contributed by atoms with van der Waals surface area (Å²) in [6, 6.07) is 4.54. The average Bonchev–Trinajstić information content (AvgIpc) is 2.78. The van der Waals surface area contributed by atoms with Crippen molar-refractivity contribution in [1.29, 1.82) is 0 Å². The summed E-state index contributed by atoms with van der Waals surface area (Å²) in [5.74, 6) is 1.04. The molecule has 0 bridgehead atoms. The molecule has 0 saturated heterocycles. The summed E-state index contributed by atoms with van der Waals surface area (Å²) >= 11 is 0. The Morgan fingerprint density at radius 1 is 1.42 bits per heavy atom. The Balaban J connectivity index is 2.14. The fourth-order valence-corrected chi connectivity index (χ4v) is 1.76. The molecule has 0 fully saturated rings. The van der Waals surface area contributed by atoms with Gasteiger partial charge in [0.2, 0.25) is 0 Å². The molecule has 4 nitrogen and oxygen atoms in total. The van der Waals surface area contributed by atoms with E-state index in [-0.39, 0.29) is 5.82 Å². The molecular weight excluding hydrogens is 245 g/mol. The average molecular weight is 263 g/mol. The first-order chi connectivity index (χ1) is 9.19. The monoisotopic (exact) mass is 263 g/mol. The van der Waals surface area contributed by atoms with E-state index in [1.54, 1.807) is 23.1 Å². The zero-order chi connectivity index (χ0) is 13.7. The van der Waals surface area contributed by atoms with Gasteiger partial charge in [-0.2, -0.15) is 5.10 Å². The Kier molecular flexibility index (Phi) is 4.52. The highest BCUT2D eigenvalue weighted by Gasteiger charge is 2.07. The lowest BCUT2D eigenvalue weighted by molar-refractivity contribution is 0.469. The third kappa shape index (κ3) is 3.79. The van der Waals surface area contributed by atoms with Crippen LogP contribution in [-0.2, 0) is 13.6 Å². The topological polar surface area (TPSA) is 39.1 Å². The van der Waals surface area contributed by atoms with Crippen molar-refractivity contribution in [2.45, 2.75) is 19.9 Å². The molecule has 0 spiro atoms. The quantitative estimate of drug-likeness (QED) is 0.814. The van der Waals surface area contributed by atoms with Gasteiger partial charge in [0.05, 0.1) is 12.4 Å². The second kappa shape index (κ2) is 6.33. The second-order valence-corrected chi connectivity index (χ2v) is 4.38. The smallest absolute Gasteiger partial charge is 0.165 e. The molecular formula is C14H18FN3O. The number of hydrogen-bond acceptors (Lipinski definition) is 3. The molecule has 0 atom stereocenters. The van der Waals surface area contributed by atoms with Crippen molar-refractivity contribution in [2.75, 3.05) is 6.54 Å². The van der Waals surface area contributed by atoms with E-state index in [2.05, 4.69) is 17.3 Å². The van der Waals surface area contributed by atoms with E-state index in [0.717, 1.165) is 18.5 Å². The summed E-state index contributed by atoms with van der Waals surface area (Å²) in [5, 5.41) is 7.28. The van der Waals surface area contributed by atoms with Crippen LogP contribution in [0.5, 0.6) is 11.5 Å². The number of halogens is 1. The van der Waals surface area contributed by atoms with Crippen LogP contribution >= 0.6 is 0 Å². The zero-order valence-corrected chi connectivity index (χ0v) is 11.2. The summed E-state index contributed by atoms with van der Waals surface area (Å²) in [6.07, 6.45) is 4.44. The summed E-state index contributed by atoms with van der Waals surface area (Å²) in [6.45, 7) is 3.57. The van der Waals surface area contributed by atoms with Crippen molar-refractivity contribution >= 4 is 0 Å². The number of hydrogen-bond donors (Lipinski definition) is 1. The molecule has 0 radical (unpaired) electrons. The lowest BCUT2D eigenvalue weighted by Crippen LogP contribution is -2.14. The van der Waals surface area contributed by atoms with Gasteiger partial charge >= 0.3 is 0 Å². The maximum absolute atomic E-state index is 13.3. The number of rotatable bonds is 6. The van der Waals surface area contributed by atoms with Crippen molar-refractivity contribution in [3.05, 3.63) is 42.0 Å². The van der Waals surface area contributed by atoms with Crippen LogP contribution in [-0.4, -0.2) is 16.3 Å². The number of benzene rings is 1. The first kappa shape index (κ1) is 13.5. The van der Waals surface area contributed by atoms with E-state index in [4.69, 9.17) is 4.74 Å². The fourth-order valence-electron chi connectivity index (χ4n) is 1.76. The normalized spacial score (nSPS) is 10.7. The Morgan fingerprint density at radius 2 is 2.26 bits per heavy atom. The van der Waals surface area contributed by atoms with Gasteiger partial charge in [-0.15, -0.1) is 0 Å². The van der Waals surface area contributed by atoms with Crippen LogP contribution in [0, 0.1) is 5.82 Å². The van der Waals surface area contributed by atoms with Crippen molar-refractivity contribution < 1.29 is 9.13 Å². The van der Waals surface area contributed by atoms with Crippen molar-refractivity contribution in [2.24, 2.45) is 7.05 Å². The summed E-state index contributed by atoms with van der Waals surface area (Å²) in [7, 11) is 1.82. The number of nitrogens with one attached hydrogen (secondary N) is 1. The van der Waals surface area contributed by atoms with Gasteiger partial charge in [0.15, 0.2) is 5.75 Å². The molecule has 1 aromatic heterocycles. The fraction of sp³-hybridized carbons (Fsp3) is 0.357. The van der Waals surface area contributed by atoms with Crippen molar-refractivity contribution in [1.82, 2.24) is 15.1 Å². The van der Waals surface area contributed by atoms with E-state index >= 15 is 0 Å². The van der Waals surface area contributed by atoms with Crippen LogP contribution in [0.2, 0.25) is 0 Å². The van der Waals surface area contributed by atoms with Crippen LogP contribution in [0.3, 0.4) is 0 Å². The molecule has 19 heavy (non-hydrogen) atoms. The SMILES string of the molecule is CCCNCc1cc(F)ccc1Oc1cnn(C)c1. The summed E-state index contributed by atoms with van der Waals surface area (Å²) in [5.41, 5.74) is 0.803. The van der Waals surface area contributed by atoms with E-state index in [0.29, 0.717) is 18.0 Å². The Morgan fingerprint density at radius 3 is 2.95 bits per heavy atom. The highest BCUT2D eigenvalue weighted by molar-refractivity contribution is 5.37. The molecule has 0 aliphatic rings. The van der Waals surface area contributed by atoms with Gasteiger partial charge in [-0.1, -0.05) is 6.92 Å². The van der Waals surface area contributed by atoms with Crippen LogP contribution in [0.25, 0.3) is 0 Å². The van der Waals surface area contributed by atoms with Crippen LogP contribution in [0.4, 0.5) is 4.39 Å². The first-order valence-electron chi connectivity index (χ1n) is 6.34. The number of aryl methyl sites for hydroxylation is 1. The van der Waals surface area contributed by atoms with E-state index in [9.17, 15) is 4.39 Å². The number of nitrogens with zero attached hydrogens (tertiary/aromatic N) is 2. The summed E-state index contributed by atoms with van der Waals surface area (Å²) in [4.78, 5) is 0. The van der Waals surface area contributed by atoms with Gasteiger partial charge in [0, 0.05) is 19.2 Å². The molecule has 5 heteroatoms. The minimum Gasteiger partial charge on any atom is -0.454 e. The molecule has 1 N–H and O–H groups in total. The molecule has 2 aromatic rings. The highest BCUT2D eigenvalue weighted by Crippen LogP contribution is 2.25. The molecule has 1 aromatic carbocycles. The van der Waals surface area contributed by atoms with Gasteiger partial charge in [-0.05, 0) is 31.2 Å². The molecule has 0 aliphatic heterocycles. The maximum atomic E-state index is 13.3. The number of ether oxygens (including phenoxy) is 1. The molecule has 2 rings (SSSR count). The molecule has 0 aliphatic carbocycles. The van der Waals surface area contributed by atoms with Crippen molar-refractivity contribution in [3.63, 3.8) is 0 Å². The third-order valence-corrected chi connectivity index (χ3v) is 2.67. The van der Waals surface area contributed by atoms with Crippen molar-refractivity contribution in [3.8, 4) is 11.5 Å². The summed E-state index contributed by atoms with van der Waals surface area (Å²) < 4.78 is 20.7. The minimum absolute atomic E-state index is 0.258. The predicted molar refractivity (Wildman–Crippen MR) is 71.7 cm³/mol. The maximum Gasteiger partial charge on any atom is 0.165 e. The molecule has 0 amide bonds. The largest absolute Gasteiger partial charge is 0.454 e. The van der Waals surface area contributed by atoms with E-state index in [1.807, 2.05) is 7.05 Å². The standard InChI is InChI=1S/C14H18FN3O/c1-3-6-16-8-11-7-12(15)4-5-14(11)19-13-9-17-18(2)10-13/h4-5,7,9-10,16H,3,6,8H2,1-2H3. The van der Waals surface area contributed by atoms with E-state index in [1.165, 1.54) is 12.1 Å². The second-order valence-electron chi connectivity index (χ2n) is 4.38. The van der Waals surface area contributed by atoms with Gasteiger partial charge < -0.3 is 10.1 Å². The number of aromatic nitrogens is 2. The van der Waals surface area contributed by atoms with Crippen LogP contribution < -0.4 is 10.1 Å². The lowest BCUT2D eigenvalue weighted by Gasteiger charge is -2.10. The minimum atomic E-state index is -0.258. The Labute approximate surface area is 112 Å². The molecule has 1 heterocycles. The molecule has 102 valence electrons. The highest BCUT2D eigenvalue weighted by atomic mass is 19.1. The van der Waals surface area contributed by atoms with Gasteiger partial charge in [0.25, 0.3) is 0 Å². The molecule has 0 unspecified atom stereocenters. The Hall–Kier alpha value is -1.88. The first-order valence-corrected chi connectivity index (χ1v) is 6.34. The Bertz CT molecular complexity index is 539. The van der Waals surface area contributed by atoms with Crippen LogP contribution in [0.1, 0.15) is 18.9 Å². The van der Waals surface area contributed by atoms with Gasteiger partial charge in [-0.3, -0.25) is 4.68 Å². The van der Waals surface area contributed by atoms with Gasteiger partial charge in [-0.25, -0.2) is 4.39 Å². The third-order valence-electron chi connectivity index (χ3n) is 2.67. The zero-order valence-electron chi connectivity index (χ0n) is 11.2. The molecule has 0 saturated carbocycles.